The first-order valence-corrected chi connectivity index (χ1v) is 6.37. The molecule has 0 heterocycles. The van der Waals surface area contributed by atoms with E-state index >= 15 is 0 Å². The van der Waals surface area contributed by atoms with E-state index in [0.29, 0.717) is 10.2 Å². The Hall–Kier alpha value is -1.40. The molecule has 2 rings (SSSR count). The third kappa shape index (κ3) is 2.50. The highest BCUT2D eigenvalue weighted by atomic mass is 79.9. The molecule has 1 aromatic carbocycles. The molecule has 1 aliphatic rings. The number of hydrogen-bond acceptors (Lipinski definition) is 3. The largest absolute Gasteiger partial charge is 0.477 e. The molecule has 2 unspecified atom stereocenters. The van der Waals surface area contributed by atoms with Crippen molar-refractivity contribution < 1.29 is 13.5 Å². The SMILES string of the molecule is CC1(Oc2ccc(F)cc2F)C(Br)=CC=C(N)C1N. The predicted octanol–water partition coefficient (Wildman–Crippen LogP) is 2.56. The number of hydrogen-bond donors (Lipinski definition) is 2. The fraction of sp³-hybridized carbons (Fsp3) is 0.231. The Bertz CT molecular complexity index is 574. The van der Waals surface area contributed by atoms with E-state index in [9.17, 15) is 8.78 Å². The van der Waals surface area contributed by atoms with Crippen molar-refractivity contribution >= 4 is 15.9 Å². The normalized spacial score (nSPS) is 26.7. The fourth-order valence-corrected chi connectivity index (χ4v) is 2.26. The molecule has 1 aromatic rings. The molecule has 0 bridgehead atoms. The van der Waals surface area contributed by atoms with Crippen LogP contribution in [-0.4, -0.2) is 11.6 Å². The van der Waals surface area contributed by atoms with Crippen molar-refractivity contribution in [2.75, 3.05) is 0 Å². The molecule has 1 aliphatic carbocycles. The van der Waals surface area contributed by atoms with Gasteiger partial charge in [0, 0.05) is 16.2 Å². The lowest BCUT2D eigenvalue weighted by Gasteiger charge is -2.38. The Morgan fingerprint density at radius 3 is 2.63 bits per heavy atom. The van der Waals surface area contributed by atoms with Gasteiger partial charge in [-0.05, 0) is 31.2 Å². The summed E-state index contributed by atoms with van der Waals surface area (Å²) in [5, 5.41) is 0. The summed E-state index contributed by atoms with van der Waals surface area (Å²) in [6, 6.07) is 2.45. The molecule has 4 N–H and O–H groups in total. The van der Waals surface area contributed by atoms with E-state index in [1.807, 2.05) is 0 Å². The zero-order chi connectivity index (χ0) is 14.2. The number of nitrogens with two attached hydrogens (primary N) is 2. The lowest BCUT2D eigenvalue weighted by Crippen LogP contribution is -2.54. The molecule has 6 heteroatoms. The van der Waals surface area contributed by atoms with Crippen LogP contribution in [0.5, 0.6) is 5.75 Å². The standard InChI is InChI=1S/C13H13BrF2N2O/c1-13(11(14)5-3-9(17)12(13)18)19-10-4-2-7(15)6-8(10)16/h2-6,12H,17-18H2,1H3. The predicted molar refractivity (Wildman–Crippen MR) is 72.6 cm³/mol. The van der Waals surface area contributed by atoms with Gasteiger partial charge in [0.25, 0.3) is 0 Å². The van der Waals surface area contributed by atoms with Crippen LogP contribution in [0, 0.1) is 11.6 Å². The Balaban J connectivity index is 2.36. The van der Waals surface area contributed by atoms with Gasteiger partial charge in [0.1, 0.15) is 5.82 Å². The summed E-state index contributed by atoms with van der Waals surface area (Å²) in [5.74, 6) is -1.54. The van der Waals surface area contributed by atoms with Crippen molar-refractivity contribution in [1.82, 2.24) is 0 Å². The number of allylic oxidation sites excluding steroid dienone is 2. The van der Waals surface area contributed by atoms with E-state index in [0.717, 1.165) is 12.1 Å². The molecular weight excluding hydrogens is 318 g/mol. The van der Waals surface area contributed by atoms with Crippen molar-refractivity contribution in [3.8, 4) is 5.75 Å². The van der Waals surface area contributed by atoms with Gasteiger partial charge in [-0.25, -0.2) is 8.78 Å². The second-order valence-corrected chi connectivity index (χ2v) is 5.30. The minimum absolute atomic E-state index is 0.0839. The zero-order valence-corrected chi connectivity index (χ0v) is 11.7. The number of rotatable bonds is 2. The van der Waals surface area contributed by atoms with E-state index < -0.39 is 23.3 Å². The molecule has 0 radical (unpaired) electrons. The number of ether oxygens (including phenoxy) is 1. The van der Waals surface area contributed by atoms with Gasteiger partial charge in [-0.3, -0.25) is 0 Å². The molecule has 102 valence electrons. The highest BCUT2D eigenvalue weighted by Gasteiger charge is 2.41. The summed E-state index contributed by atoms with van der Waals surface area (Å²) in [4.78, 5) is 0. The summed E-state index contributed by atoms with van der Waals surface area (Å²) in [5.41, 5.74) is 11.1. The molecule has 19 heavy (non-hydrogen) atoms. The summed E-state index contributed by atoms with van der Waals surface area (Å²) < 4.78 is 32.8. The van der Waals surface area contributed by atoms with Crippen LogP contribution in [0.3, 0.4) is 0 Å². The topological polar surface area (TPSA) is 61.3 Å². The smallest absolute Gasteiger partial charge is 0.168 e. The van der Waals surface area contributed by atoms with Crippen LogP contribution in [0.1, 0.15) is 6.92 Å². The molecule has 0 saturated heterocycles. The van der Waals surface area contributed by atoms with Crippen LogP contribution < -0.4 is 16.2 Å². The first kappa shape index (κ1) is 14.0. The number of benzene rings is 1. The van der Waals surface area contributed by atoms with E-state index in [2.05, 4.69) is 15.9 Å². The fourth-order valence-electron chi connectivity index (χ4n) is 1.80. The minimum Gasteiger partial charge on any atom is -0.477 e. The van der Waals surface area contributed by atoms with Crippen molar-refractivity contribution in [1.29, 1.82) is 0 Å². The van der Waals surface area contributed by atoms with Gasteiger partial charge in [0.2, 0.25) is 0 Å². The second kappa shape index (κ2) is 4.94. The van der Waals surface area contributed by atoms with Crippen LogP contribution in [0.15, 0.2) is 40.5 Å². The van der Waals surface area contributed by atoms with Gasteiger partial charge in [-0.2, -0.15) is 0 Å². The van der Waals surface area contributed by atoms with E-state index in [1.54, 1.807) is 19.1 Å². The van der Waals surface area contributed by atoms with Crippen molar-refractivity contribution in [2.24, 2.45) is 11.5 Å². The van der Waals surface area contributed by atoms with Crippen LogP contribution in [0.25, 0.3) is 0 Å². The van der Waals surface area contributed by atoms with Gasteiger partial charge >= 0.3 is 0 Å². The lowest BCUT2D eigenvalue weighted by atomic mass is 9.90. The Kier molecular flexibility index (Phi) is 3.64. The van der Waals surface area contributed by atoms with Gasteiger partial charge in [-0.1, -0.05) is 15.9 Å². The van der Waals surface area contributed by atoms with Crippen LogP contribution in [-0.2, 0) is 0 Å². The van der Waals surface area contributed by atoms with E-state index in [1.165, 1.54) is 6.07 Å². The molecular formula is C13H13BrF2N2O. The second-order valence-electron chi connectivity index (χ2n) is 4.44. The first-order chi connectivity index (χ1) is 8.84. The van der Waals surface area contributed by atoms with Gasteiger partial charge in [-0.15, -0.1) is 0 Å². The molecule has 0 aromatic heterocycles. The van der Waals surface area contributed by atoms with Gasteiger partial charge < -0.3 is 16.2 Å². The number of halogens is 3. The zero-order valence-electron chi connectivity index (χ0n) is 10.2. The average Bonchev–Trinajstić information content (AvgIpc) is 2.36. The van der Waals surface area contributed by atoms with Crippen molar-refractivity contribution in [3.05, 3.63) is 52.2 Å². The molecule has 0 saturated carbocycles. The Labute approximate surface area is 118 Å². The van der Waals surface area contributed by atoms with Crippen molar-refractivity contribution in [2.45, 2.75) is 18.6 Å². The van der Waals surface area contributed by atoms with E-state index in [4.69, 9.17) is 16.2 Å². The summed E-state index contributed by atoms with van der Waals surface area (Å²) >= 11 is 3.33. The van der Waals surface area contributed by atoms with Crippen LogP contribution in [0.2, 0.25) is 0 Å². The molecule has 0 spiro atoms. The van der Waals surface area contributed by atoms with Gasteiger partial charge in [0.05, 0.1) is 6.04 Å². The van der Waals surface area contributed by atoms with Crippen LogP contribution in [0.4, 0.5) is 8.78 Å². The quantitative estimate of drug-likeness (QED) is 0.876. The third-order valence-corrected chi connectivity index (χ3v) is 4.12. The minimum atomic E-state index is -1.04. The van der Waals surface area contributed by atoms with Crippen LogP contribution >= 0.6 is 15.9 Å². The summed E-state index contributed by atoms with van der Waals surface area (Å²) in [6.07, 6.45) is 3.35. The maximum Gasteiger partial charge on any atom is 0.168 e. The molecule has 0 amide bonds. The Morgan fingerprint density at radius 2 is 2.00 bits per heavy atom. The maximum atomic E-state index is 13.6. The third-order valence-electron chi connectivity index (χ3n) is 3.06. The van der Waals surface area contributed by atoms with Gasteiger partial charge in [0.15, 0.2) is 17.2 Å². The summed E-state index contributed by atoms with van der Waals surface area (Å²) in [6.45, 7) is 1.68. The summed E-state index contributed by atoms with van der Waals surface area (Å²) in [7, 11) is 0. The van der Waals surface area contributed by atoms with Crippen molar-refractivity contribution in [3.63, 3.8) is 0 Å². The highest BCUT2D eigenvalue weighted by molar-refractivity contribution is 9.11. The molecule has 0 aliphatic heterocycles. The highest BCUT2D eigenvalue weighted by Crippen LogP contribution is 2.36. The molecule has 2 atom stereocenters. The monoisotopic (exact) mass is 330 g/mol. The molecule has 0 fully saturated rings. The van der Waals surface area contributed by atoms with E-state index in [-0.39, 0.29) is 5.75 Å². The lowest BCUT2D eigenvalue weighted by molar-refractivity contribution is 0.111. The Morgan fingerprint density at radius 1 is 1.32 bits per heavy atom. The average molecular weight is 331 g/mol. The molecule has 3 nitrogen and oxygen atoms in total. The maximum absolute atomic E-state index is 13.6. The first-order valence-electron chi connectivity index (χ1n) is 5.57.